The quantitative estimate of drug-likeness (QED) is 0.616. The molecule has 0 aliphatic carbocycles. The van der Waals surface area contributed by atoms with E-state index in [-0.39, 0.29) is 11.6 Å². The molecule has 1 aromatic carbocycles. The third-order valence-corrected chi connectivity index (χ3v) is 2.63. The molecule has 1 amide bonds. The molecule has 0 spiro atoms. The van der Waals surface area contributed by atoms with Crippen molar-refractivity contribution >= 4 is 17.3 Å². The van der Waals surface area contributed by atoms with Crippen LogP contribution in [-0.4, -0.2) is 16.9 Å². The Morgan fingerprint density at radius 1 is 1.44 bits per heavy atom. The Morgan fingerprint density at radius 2 is 2.06 bits per heavy atom. The van der Waals surface area contributed by atoms with Crippen molar-refractivity contribution in [1.82, 2.24) is 0 Å². The topological polar surface area (TPSA) is 98.3 Å². The molecule has 6 heteroatoms. The lowest BCUT2D eigenvalue weighted by Crippen LogP contribution is -2.39. The van der Waals surface area contributed by atoms with Crippen LogP contribution in [0.2, 0.25) is 0 Å². The predicted octanol–water partition coefficient (Wildman–Crippen LogP) is 1.83. The summed E-state index contributed by atoms with van der Waals surface area (Å²) in [6.45, 7) is 5.47. The fourth-order valence-corrected chi connectivity index (χ4v) is 1.66. The minimum Gasteiger partial charge on any atom is -0.368 e. The van der Waals surface area contributed by atoms with Crippen LogP contribution in [-0.2, 0) is 4.79 Å². The van der Waals surface area contributed by atoms with E-state index in [9.17, 15) is 14.9 Å². The van der Waals surface area contributed by atoms with Gasteiger partial charge < -0.3 is 11.1 Å². The van der Waals surface area contributed by atoms with E-state index in [1.807, 2.05) is 20.8 Å². The molecule has 0 heterocycles. The standard InChI is InChI=1S/C12H17N3O3/c1-7(2)11(12(13)16)14-9-6-8(3)4-5-10(9)15(17)18/h4-7,11,14H,1-3H3,(H2,13,16)/t11-/m0/s1. The van der Waals surface area contributed by atoms with Gasteiger partial charge in [-0.05, 0) is 24.5 Å². The molecule has 0 saturated heterocycles. The van der Waals surface area contributed by atoms with E-state index < -0.39 is 16.9 Å². The summed E-state index contributed by atoms with van der Waals surface area (Å²) >= 11 is 0. The van der Waals surface area contributed by atoms with Crippen molar-refractivity contribution in [3.8, 4) is 0 Å². The van der Waals surface area contributed by atoms with E-state index in [4.69, 9.17) is 5.73 Å². The second kappa shape index (κ2) is 5.48. The maximum absolute atomic E-state index is 11.3. The molecule has 0 unspecified atom stereocenters. The van der Waals surface area contributed by atoms with Gasteiger partial charge in [-0.15, -0.1) is 0 Å². The summed E-state index contributed by atoms with van der Waals surface area (Å²) in [5.41, 5.74) is 6.40. The number of hydrogen-bond donors (Lipinski definition) is 2. The minimum absolute atomic E-state index is 0.0531. The SMILES string of the molecule is Cc1ccc([N+](=O)[O-])c(N[C@H](C(N)=O)C(C)C)c1. The number of carbonyl (C=O) groups excluding carboxylic acids is 1. The number of nitrogens with two attached hydrogens (primary N) is 1. The van der Waals surface area contributed by atoms with Gasteiger partial charge in [0.25, 0.3) is 5.69 Å². The second-order valence-corrected chi connectivity index (χ2v) is 4.55. The second-order valence-electron chi connectivity index (χ2n) is 4.55. The van der Waals surface area contributed by atoms with Gasteiger partial charge in [0.15, 0.2) is 0 Å². The van der Waals surface area contributed by atoms with Gasteiger partial charge in [0.2, 0.25) is 5.91 Å². The molecule has 1 rings (SSSR count). The predicted molar refractivity (Wildman–Crippen MR) is 69.3 cm³/mol. The maximum atomic E-state index is 11.3. The summed E-state index contributed by atoms with van der Waals surface area (Å²) in [5.74, 6) is -0.580. The van der Waals surface area contributed by atoms with Gasteiger partial charge in [-0.1, -0.05) is 19.9 Å². The van der Waals surface area contributed by atoms with Crippen molar-refractivity contribution in [3.63, 3.8) is 0 Å². The average molecular weight is 251 g/mol. The van der Waals surface area contributed by atoms with E-state index in [0.717, 1.165) is 5.56 Å². The number of rotatable bonds is 5. The largest absolute Gasteiger partial charge is 0.368 e. The molecule has 3 N–H and O–H groups in total. The zero-order valence-electron chi connectivity index (χ0n) is 10.6. The van der Waals surface area contributed by atoms with E-state index in [1.165, 1.54) is 6.07 Å². The summed E-state index contributed by atoms with van der Waals surface area (Å²) in [6, 6.07) is 4.07. The lowest BCUT2D eigenvalue weighted by atomic mass is 10.0. The lowest BCUT2D eigenvalue weighted by Gasteiger charge is -2.20. The van der Waals surface area contributed by atoms with Crippen molar-refractivity contribution in [2.24, 2.45) is 11.7 Å². The summed E-state index contributed by atoms with van der Waals surface area (Å²) in [7, 11) is 0. The molecule has 0 saturated carbocycles. The van der Waals surface area contributed by atoms with Crippen LogP contribution in [0.4, 0.5) is 11.4 Å². The Labute approximate surface area is 105 Å². The Kier molecular flexibility index (Phi) is 4.25. The number of anilines is 1. The number of nitrogens with one attached hydrogen (secondary N) is 1. The molecule has 98 valence electrons. The summed E-state index contributed by atoms with van der Waals surface area (Å²) < 4.78 is 0. The highest BCUT2D eigenvalue weighted by Gasteiger charge is 2.23. The summed E-state index contributed by atoms with van der Waals surface area (Å²) in [6.07, 6.45) is 0. The fourth-order valence-electron chi connectivity index (χ4n) is 1.66. The Balaban J connectivity index is 3.12. The smallest absolute Gasteiger partial charge is 0.292 e. The third kappa shape index (κ3) is 3.19. The van der Waals surface area contributed by atoms with Crippen molar-refractivity contribution in [1.29, 1.82) is 0 Å². The van der Waals surface area contributed by atoms with E-state index >= 15 is 0 Å². The number of nitro benzene ring substituents is 1. The van der Waals surface area contributed by atoms with Gasteiger partial charge in [-0.25, -0.2) is 0 Å². The van der Waals surface area contributed by atoms with Gasteiger partial charge in [0.1, 0.15) is 11.7 Å². The number of aryl methyl sites for hydroxylation is 1. The van der Waals surface area contributed by atoms with Crippen LogP contribution in [0, 0.1) is 23.0 Å². The molecule has 1 atom stereocenters. The van der Waals surface area contributed by atoms with Gasteiger partial charge in [-0.3, -0.25) is 14.9 Å². The van der Waals surface area contributed by atoms with Crippen molar-refractivity contribution in [3.05, 3.63) is 33.9 Å². The number of nitro groups is 1. The first-order valence-corrected chi connectivity index (χ1v) is 5.63. The summed E-state index contributed by atoms with van der Waals surface area (Å²) in [5, 5.41) is 13.8. The van der Waals surface area contributed by atoms with Crippen molar-refractivity contribution < 1.29 is 9.72 Å². The molecule has 0 bridgehead atoms. The van der Waals surface area contributed by atoms with Gasteiger partial charge >= 0.3 is 0 Å². The fraction of sp³-hybridized carbons (Fsp3) is 0.417. The number of benzene rings is 1. The Hall–Kier alpha value is -2.11. The molecule has 1 aromatic rings. The van der Waals surface area contributed by atoms with Crippen molar-refractivity contribution in [2.75, 3.05) is 5.32 Å². The third-order valence-electron chi connectivity index (χ3n) is 2.63. The molecular formula is C12H17N3O3. The van der Waals surface area contributed by atoms with Crippen LogP contribution in [0.3, 0.4) is 0 Å². The zero-order chi connectivity index (χ0) is 13.9. The Bertz CT molecular complexity index is 472. The number of carbonyl (C=O) groups is 1. The first-order valence-electron chi connectivity index (χ1n) is 5.63. The maximum Gasteiger partial charge on any atom is 0.292 e. The van der Waals surface area contributed by atoms with Crippen LogP contribution in [0.5, 0.6) is 0 Å². The normalized spacial score (nSPS) is 12.2. The molecule has 0 aromatic heterocycles. The number of primary amides is 1. The molecule has 6 nitrogen and oxygen atoms in total. The lowest BCUT2D eigenvalue weighted by molar-refractivity contribution is -0.384. The van der Waals surface area contributed by atoms with Crippen LogP contribution in [0.1, 0.15) is 19.4 Å². The minimum atomic E-state index is -0.634. The van der Waals surface area contributed by atoms with Crippen LogP contribution < -0.4 is 11.1 Å². The average Bonchev–Trinajstić information content (AvgIpc) is 2.24. The zero-order valence-corrected chi connectivity index (χ0v) is 10.6. The van der Waals surface area contributed by atoms with Gasteiger partial charge in [0, 0.05) is 6.07 Å². The van der Waals surface area contributed by atoms with Gasteiger partial charge in [-0.2, -0.15) is 0 Å². The Morgan fingerprint density at radius 3 is 2.50 bits per heavy atom. The van der Waals surface area contributed by atoms with Crippen LogP contribution in [0.25, 0.3) is 0 Å². The first-order chi connectivity index (χ1) is 8.32. The molecule has 0 aliphatic rings. The van der Waals surface area contributed by atoms with Gasteiger partial charge in [0.05, 0.1) is 4.92 Å². The highest BCUT2D eigenvalue weighted by atomic mass is 16.6. The number of nitrogens with zero attached hydrogens (tertiary/aromatic N) is 1. The highest BCUT2D eigenvalue weighted by molar-refractivity contribution is 5.84. The van der Waals surface area contributed by atoms with Crippen LogP contribution >= 0.6 is 0 Å². The molecular weight excluding hydrogens is 234 g/mol. The first kappa shape index (κ1) is 14.0. The molecule has 0 fully saturated rings. The molecule has 0 radical (unpaired) electrons. The van der Waals surface area contributed by atoms with E-state index in [2.05, 4.69) is 5.32 Å². The molecule has 0 aliphatic heterocycles. The number of amides is 1. The van der Waals surface area contributed by atoms with Crippen LogP contribution in [0.15, 0.2) is 18.2 Å². The van der Waals surface area contributed by atoms with E-state index in [1.54, 1.807) is 12.1 Å². The van der Waals surface area contributed by atoms with E-state index in [0.29, 0.717) is 5.69 Å². The molecule has 18 heavy (non-hydrogen) atoms. The highest BCUT2D eigenvalue weighted by Crippen LogP contribution is 2.26. The van der Waals surface area contributed by atoms with Crippen molar-refractivity contribution in [2.45, 2.75) is 26.8 Å². The number of hydrogen-bond acceptors (Lipinski definition) is 4. The monoisotopic (exact) mass is 251 g/mol. The summed E-state index contributed by atoms with van der Waals surface area (Å²) in [4.78, 5) is 21.7.